The number of anilines is 1. The smallest absolute Gasteiger partial charge is 0.241 e. The summed E-state index contributed by atoms with van der Waals surface area (Å²) in [6.45, 7) is 1.54. The number of carbonyl (C=O) groups is 2. The van der Waals surface area contributed by atoms with E-state index in [4.69, 9.17) is 10.5 Å². The van der Waals surface area contributed by atoms with Crippen LogP contribution in [-0.4, -0.2) is 47.4 Å². The molecule has 1 saturated carbocycles. The van der Waals surface area contributed by atoms with Gasteiger partial charge in [0.05, 0.1) is 17.3 Å². The number of aromatic nitrogens is 2. The lowest BCUT2D eigenvalue weighted by Gasteiger charge is -2.34. The molecule has 1 aliphatic carbocycles. The Morgan fingerprint density at radius 1 is 1.32 bits per heavy atom. The van der Waals surface area contributed by atoms with Gasteiger partial charge in [0, 0.05) is 32.0 Å². The quantitative estimate of drug-likeness (QED) is 0.698. The zero-order valence-electron chi connectivity index (χ0n) is 14.5. The van der Waals surface area contributed by atoms with E-state index in [1.807, 2.05) is 0 Å². The molecule has 1 saturated heterocycles. The topological polar surface area (TPSA) is 111 Å². The molecule has 0 bridgehead atoms. The highest BCUT2D eigenvalue weighted by atomic mass is 16.5. The molecular formula is C17H27N5O3. The molecule has 25 heavy (non-hydrogen) atoms. The van der Waals surface area contributed by atoms with Crippen LogP contribution < -0.4 is 16.4 Å². The van der Waals surface area contributed by atoms with Crippen LogP contribution in [0.4, 0.5) is 5.69 Å². The summed E-state index contributed by atoms with van der Waals surface area (Å²) in [5.41, 5.74) is 5.85. The molecule has 2 heterocycles. The molecule has 0 spiro atoms. The van der Waals surface area contributed by atoms with Crippen LogP contribution in [0.2, 0.25) is 0 Å². The lowest BCUT2D eigenvalue weighted by molar-refractivity contribution is -0.130. The number of hydrogen-bond donors (Lipinski definition) is 3. The third-order valence-corrected chi connectivity index (χ3v) is 5.24. The molecule has 0 radical (unpaired) electrons. The van der Waals surface area contributed by atoms with E-state index in [0.717, 1.165) is 12.8 Å². The summed E-state index contributed by atoms with van der Waals surface area (Å²) >= 11 is 0. The van der Waals surface area contributed by atoms with Gasteiger partial charge in [0.1, 0.15) is 6.54 Å². The van der Waals surface area contributed by atoms with Crippen molar-refractivity contribution in [1.82, 2.24) is 15.1 Å². The third kappa shape index (κ3) is 4.38. The minimum Gasteiger partial charge on any atom is -0.381 e. The zero-order valence-corrected chi connectivity index (χ0v) is 14.5. The molecule has 8 heteroatoms. The van der Waals surface area contributed by atoms with Gasteiger partial charge in [0.15, 0.2) is 0 Å². The van der Waals surface area contributed by atoms with Crippen LogP contribution in [0.25, 0.3) is 0 Å². The molecule has 2 aliphatic rings. The fourth-order valence-electron chi connectivity index (χ4n) is 3.55. The predicted octanol–water partition coefficient (Wildman–Crippen LogP) is 0.636. The molecule has 1 aromatic heterocycles. The SMILES string of the molecule is NCC1(C(=O)Nc2cnn(CC(=O)NC3CCCC3)c2)CCOCC1. The van der Waals surface area contributed by atoms with Gasteiger partial charge >= 0.3 is 0 Å². The Kier molecular flexibility index (Phi) is 5.70. The summed E-state index contributed by atoms with van der Waals surface area (Å²) in [5.74, 6) is -0.149. The fraction of sp³-hybridized carbons (Fsp3) is 0.706. The second-order valence-corrected chi connectivity index (χ2v) is 7.03. The molecule has 0 aromatic carbocycles. The van der Waals surface area contributed by atoms with E-state index < -0.39 is 5.41 Å². The third-order valence-electron chi connectivity index (χ3n) is 5.24. The van der Waals surface area contributed by atoms with Gasteiger partial charge in [-0.2, -0.15) is 5.10 Å². The standard InChI is InChI=1S/C17H27N5O3/c18-12-17(5-7-25-8-6-17)16(24)21-14-9-19-22(10-14)11-15(23)20-13-3-1-2-4-13/h9-10,13H,1-8,11-12,18H2,(H,20,23)(H,21,24). The second-order valence-electron chi connectivity index (χ2n) is 7.03. The number of carbonyl (C=O) groups excluding carboxylic acids is 2. The summed E-state index contributed by atoms with van der Waals surface area (Å²) < 4.78 is 6.87. The van der Waals surface area contributed by atoms with Gasteiger partial charge in [-0.05, 0) is 25.7 Å². The maximum atomic E-state index is 12.6. The van der Waals surface area contributed by atoms with Gasteiger partial charge in [-0.25, -0.2) is 0 Å². The van der Waals surface area contributed by atoms with Crippen molar-refractivity contribution < 1.29 is 14.3 Å². The van der Waals surface area contributed by atoms with Crippen molar-refractivity contribution in [3.63, 3.8) is 0 Å². The van der Waals surface area contributed by atoms with E-state index in [1.165, 1.54) is 12.8 Å². The van der Waals surface area contributed by atoms with Crippen molar-refractivity contribution in [2.75, 3.05) is 25.1 Å². The van der Waals surface area contributed by atoms with Crippen molar-refractivity contribution >= 4 is 17.5 Å². The van der Waals surface area contributed by atoms with Crippen molar-refractivity contribution in [2.45, 2.75) is 51.1 Å². The van der Waals surface area contributed by atoms with Gasteiger partial charge < -0.3 is 21.1 Å². The molecule has 4 N–H and O–H groups in total. The minimum absolute atomic E-state index is 0.0456. The van der Waals surface area contributed by atoms with Crippen molar-refractivity contribution in [1.29, 1.82) is 0 Å². The average molecular weight is 349 g/mol. The zero-order chi connectivity index (χ0) is 17.7. The number of rotatable bonds is 6. The van der Waals surface area contributed by atoms with Crippen LogP contribution >= 0.6 is 0 Å². The van der Waals surface area contributed by atoms with E-state index in [0.29, 0.717) is 44.3 Å². The summed E-state index contributed by atoms with van der Waals surface area (Å²) in [4.78, 5) is 24.7. The highest BCUT2D eigenvalue weighted by Gasteiger charge is 2.38. The largest absolute Gasteiger partial charge is 0.381 e. The Bertz CT molecular complexity index is 603. The maximum Gasteiger partial charge on any atom is 0.241 e. The van der Waals surface area contributed by atoms with E-state index in [-0.39, 0.29) is 18.4 Å². The highest BCUT2D eigenvalue weighted by Crippen LogP contribution is 2.30. The fourth-order valence-corrected chi connectivity index (χ4v) is 3.55. The van der Waals surface area contributed by atoms with Crippen molar-refractivity contribution in [3.05, 3.63) is 12.4 Å². The first-order valence-electron chi connectivity index (χ1n) is 9.02. The monoisotopic (exact) mass is 349 g/mol. The normalized spacial score (nSPS) is 20.4. The lowest BCUT2D eigenvalue weighted by Crippen LogP contribution is -2.46. The summed E-state index contributed by atoms with van der Waals surface area (Å²) in [6, 6.07) is 0.292. The van der Waals surface area contributed by atoms with Gasteiger partial charge in [0.25, 0.3) is 0 Å². The van der Waals surface area contributed by atoms with Crippen LogP contribution in [0.1, 0.15) is 38.5 Å². The van der Waals surface area contributed by atoms with Crippen LogP contribution in [-0.2, 0) is 20.9 Å². The molecule has 0 atom stereocenters. The minimum atomic E-state index is -0.583. The van der Waals surface area contributed by atoms with E-state index in [9.17, 15) is 9.59 Å². The van der Waals surface area contributed by atoms with Crippen molar-refractivity contribution in [3.8, 4) is 0 Å². The maximum absolute atomic E-state index is 12.6. The number of nitrogens with zero attached hydrogens (tertiary/aromatic N) is 2. The van der Waals surface area contributed by atoms with Crippen LogP contribution in [0.5, 0.6) is 0 Å². The Morgan fingerprint density at radius 2 is 2.04 bits per heavy atom. The first-order valence-corrected chi connectivity index (χ1v) is 9.02. The Morgan fingerprint density at radius 3 is 2.72 bits per heavy atom. The number of nitrogens with two attached hydrogens (primary N) is 1. The van der Waals surface area contributed by atoms with Gasteiger partial charge in [-0.15, -0.1) is 0 Å². The lowest BCUT2D eigenvalue weighted by atomic mass is 9.79. The van der Waals surface area contributed by atoms with E-state index in [2.05, 4.69) is 15.7 Å². The summed E-state index contributed by atoms with van der Waals surface area (Å²) in [5, 5.41) is 10.1. The Labute approximate surface area is 147 Å². The molecule has 1 aliphatic heterocycles. The summed E-state index contributed by atoms with van der Waals surface area (Å²) in [7, 11) is 0. The van der Waals surface area contributed by atoms with E-state index >= 15 is 0 Å². The molecule has 2 amide bonds. The second kappa shape index (κ2) is 7.97. The molecular weight excluding hydrogens is 322 g/mol. The number of ether oxygens (including phenoxy) is 1. The molecule has 2 fully saturated rings. The first kappa shape index (κ1) is 17.9. The highest BCUT2D eigenvalue weighted by molar-refractivity contribution is 5.95. The van der Waals surface area contributed by atoms with Crippen LogP contribution in [0.15, 0.2) is 12.4 Å². The molecule has 0 unspecified atom stereocenters. The van der Waals surface area contributed by atoms with Crippen molar-refractivity contribution in [2.24, 2.45) is 11.1 Å². The summed E-state index contributed by atoms with van der Waals surface area (Å²) in [6.07, 6.45) is 8.93. The Balaban J connectivity index is 1.53. The van der Waals surface area contributed by atoms with Gasteiger partial charge in [0.2, 0.25) is 11.8 Å². The number of nitrogens with one attached hydrogen (secondary N) is 2. The molecule has 138 valence electrons. The first-order chi connectivity index (χ1) is 12.1. The van der Waals surface area contributed by atoms with Crippen LogP contribution in [0.3, 0.4) is 0 Å². The molecule has 8 nitrogen and oxygen atoms in total. The predicted molar refractivity (Wildman–Crippen MR) is 92.8 cm³/mol. The van der Waals surface area contributed by atoms with Gasteiger partial charge in [-0.3, -0.25) is 14.3 Å². The van der Waals surface area contributed by atoms with E-state index in [1.54, 1.807) is 17.1 Å². The average Bonchev–Trinajstić information content (AvgIpc) is 3.27. The number of hydrogen-bond acceptors (Lipinski definition) is 5. The Hall–Kier alpha value is -1.93. The molecule has 3 rings (SSSR count). The molecule has 1 aromatic rings. The van der Waals surface area contributed by atoms with Gasteiger partial charge in [-0.1, -0.05) is 12.8 Å². The van der Waals surface area contributed by atoms with Crippen LogP contribution in [0, 0.1) is 5.41 Å². The number of amides is 2.